The zero-order valence-electron chi connectivity index (χ0n) is 11.4. The molecule has 0 aliphatic rings. The maximum atomic E-state index is 12.3. The molecule has 3 N–H and O–H groups in total. The summed E-state index contributed by atoms with van der Waals surface area (Å²) in [5.74, 6) is -1.57. The number of carbonyl (C=O) groups excluding carboxylic acids is 1. The monoisotopic (exact) mass is 275 g/mol. The summed E-state index contributed by atoms with van der Waals surface area (Å²) in [6, 6.07) is 4.32. The summed E-state index contributed by atoms with van der Waals surface area (Å²) in [6.45, 7) is 3.69. The summed E-state index contributed by atoms with van der Waals surface area (Å²) >= 11 is 0. The van der Waals surface area contributed by atoms with E-state index in [1.54, 1.807) is 25.3 Å². The van der Waals surface area contributed by atoms with Gasteiger partial charge in [-0.25, -0.2) is 4.79 Å². The van der Waals surface area contributed by atoms with E-state index in [9.17, 15) is 14.7 Å². The Labute approximate surface area is 116 Å². The lowest BCUT2D eigenvalue weighted by atomic mass is 9.98. The van der Waals surface area contributed by atoms with Crippen LogP contribution in [0, 0.1) is 5.92 Å². The van der Waals surface area contributed by atoms with Gasteiger partial charge in [0.1, 0.15) is 6.04 Å². The molecule has 0 bridgehead atoms. The quantitative estimate of drug-likeness (QED) is 0.775. The van der Waals surface area contributed by atoms with Gasteiger partial charge in [0.05, 0.1) is 17.3 Å². The molecule has 2 atom stereocenters. The van der Waals surface area contributed by atoms with E-state index in [1.807, 2.05) is 13.0 Å². The number of nitrogens with zero attached hydrogens (tertiary/aromatic N) is 1. The van der Waals surface area contributed by atoms with Crippen LogP contribution in [0.15, 0.2) is 24.4 Å². The third-order valence-corrected chi connectivity index (χ3v) is 3.49. The smallest absolute Gasteiger partial charge is 0.326 e. The summed E-state index contributed by atoms with van der Waals surface area (Å²) in [6.07, 6.45) is 2.29. The normalized spacial score (nSPS) is 13.9. The lowest BCUT2D eigenvalue weighted by Gasteiger charge is -2.20. The maximum Gasteiger partial charge on any atom is 0.326 e. The van der Waals surface area contributed by atoms with Gasteiger partial charge < -0.3 is 10.4 Å². The van der Waals surface area contributed by atoms with Gasteiger partial charge in [0.25, 0.3) is 5.91 Å². The van der Waals surface area contributed by atoms with Gasteiger partial charge in [0, 0.05) is 5.39 Å². The van der Waals surface area contributed by atoms with Gasteiger partial charge in [-0.15, -0.1) is 0 Å². The standard InChI is InChI=1S/C14H17N3O3/c1-3-8(2)11(14(19)20)16-13(18)10-6-4-5-9-7-15-17-12(9)10/h4-8,11H,3H2,1-2H3,(H,15,17)(H,16,18)(H,19,20)/t8-,11-/m0/s1. The highest BCUT2D eigenvalue weighted by atomic mass is 16.4. The third-order valence-electron chi connectivity index (χ3n) is 3.49. The summed E-state index contributed by atoms with van der Waals surface area (Å²) in [7, 11) is 0. The lowest BCUT2D eigenvalue weighted by Crippen LogP contribution is -2.45. The molecule has 0 saturated heterocycles. The third kappa shape index (κ3) is 2.64. The summed E-state index contributed by atoms with van der Waals surface area (Å²) < 4.78 is 0. The molecule has 6 nitrogen and oxygen atoms in total. The van der Waals surface area contributed by atoms with Gasteiger partial charge >= 0.3 is 5.97 Å². The number of benzene rings is 1. The van der Waals surface area contributed by atoms with Gasteiger partial charge in [0.2, 0.25) is 0 Å². The summed E-state index contributed by atoms with van der Waals surface area (Å²) in [4.78, 5) is 23.5. The number of fused-ring (bicyclic) bond motifs is 1. The molecule has 1 aromatic heterocycles. The molecule has 1 aromatic carbocycles. The van der Waals surface area contributed by atoms with Crippen LogP contribution in [0.1, 0.15) is 30.6 Å². The average molecular weight is 275 g/mol. The van der Waals surface area contributed by atoms with E-state index in [0.717, 1.165) is 5.39 Å². The number of carboxylic acids is 1. The van der Waals surface area contributed by atoms with Gasteiger partial charge in [-0.2, -0.15) is 5.10 Å². The van der Waals surface area contributed by atoms with E-state index >= 15 is 0 Å². The van der Waals surface area contributed by atoms with Crippen molar-refractivity contribution in [1.82, 2.24) is 15.5 Å². The van der Waals surface area contributed by atoms with Crippen molar-refractivity contribution >= 4 is 22.8 Å². The van der Waals surface area contributed by atoms with E-state index < -0.39 is 17.9 Å². The van der Waals surface area contributed by atoms with Crippen LogP contribution in [-0.2, 0) is 4.79 Å². The highest BCUT2D eigenvalue weighted by Gasteiger charge is 2.26. The molecule has 0 saturated carbocycles. The minimum absolute atomic E-state index is 0.141. The predicted molar refractivity (Wildman–Crippen MR) is 74.4 cm³/mol. The molecule has 0 aliphatic carbocycles. The topological polar surface area (TPSA) is 95.1 Å². The Hall–Kier alpha value is -2.37. The molecule has 0 fully saturated rings. The number of aliphatic carboxylic acids is 1. The molecule has 0 aliphatic heterocycles. The number of amides is 1. The molecule has 1 amide bonds. The number of hydrogen-bond acceptors (Lipinski definition) is 3. The minimum atomic E-state index is -1.02. The van der Waals surface area contributed by atoms with Crippen LogP contribution in [0.25, 0.3) is 10.9 Å². The molecule has 0 radical (unpaired) electrons. The maximum absolute atomic E-state index is 12.3. The fourth-order valence-corrected chi connectivity index (χ4v) is 2.06. The second-order valence-electron chi connectivity index (χ2n) is 4.81. The number of aromatic amines is 1. The lowest BCUT2D eigenvalue weighted by molar-refractivity contribution is -0.140. The highest BCUT2D eigenvalue weighted by molar-refractivity contribution is 6.06. The first-order valence-electron chi connectivity index (χ1n) is 6.50. The number of aromatic nitrogens is 2. The van der Waals surface area contributed by atoms with Gasteiger partial charge in [0.15, 0.2) is 0 Å². The first kappa shape index (κ1) is 14.0. The molecule has 0 spiro atoms. The van der Waals surface area contributed by atoms with Gasteiger partial charge in [-0.1, -0.05) is 32.4 Å². The van der Waals surface area contributed by atoms with Crippen molar-refractivity contribution in [3.63, 3.8) is 0 Å². The van der Waals surface area contributed by atoms with Crippen molar-refractivity contribution in [3.8, 4) is 0 Å². The molecule has 2 rings (SSSR count). The number of nitrogens with one attached hydrogen (secondary N) is 2. The molecule has 106 valence electrons. The average Bonchev–Trinajstić information content (AvgIpc) is 2.91. The van der Waals surface area contributed by atoms with Gasteiger partial charge in [-0.05, 0) is 12.0 Å². The van der Waals surface area contributed by atoms with Crippen LogP contribution in [0.2, 0.25) is 0 Å². The number of H-pyrrole nitrogens is 1. The number of carbonyl (C=O) groups is 2. The van der Waals surface area contributed by atoms with Crippen molar-refractivity contribution in [2.45, 2.75) is 26.3 Å². The number of para-hydroxylation sites is 1. The Kier molecular flexibility index (Phi) is 4.02. The zero-order chi connectivity index (χ0) is 14.7. The Bertz CT molecular complexity index is 635. The van der Waals surface area contributed by atoms with Gasteiger partial charge in [-0.3, -0.25) is 9.89 Å². The Morgan fingerprint density at radius 2 is 2.20 bits per heavy atom. The van der Waals surface area contributed by atoms with Crippen molar-refractivity contribution in [3.05, 3.63) is 30.0 Å². The van der Waals surface area contributed by atoms with Crippen molar-refractivity contribution in [2.75, 3.05) is 0 Å². The van der Waals surface area contributed by atoms with Crippen molar-refractivity contribution in [1.29, 1.82) is 0 Å². The predicted octanol–water partition coefficient (Wildman–Crippen LogP) is 1.79. The van der Waals surface area contributed by atoms with Crippen molar-refractivity contribution < 1.29 is 14.7 Å². The Morgan fingerprint density at radius 3 is 2.85 bits per heavy atom. The Morgan fingerprint density at radius 1 is 1.45 bits per heavy atom. The molecule has 1 heterocycles. The SMILES string of the molecule is CC[C@H](C)[C@H](NC(=O)c1cccc2cn[nH]c12)C(=O)O. The number of rotatable bonds is 5. The van der Waals surface area contributed by atoms with Crippen LogP contribution in [0.4, 0.5) is 0 Å². The van der Waals surface area contributed by atoms with Crippen LogP contribution < -0.4 is 5.32 Å². The van der Waals surface area contributed by atoms with E-state index in [4.69, 9.17) is 0 Å². The van der Waals surface area contributed by atoms with E-state index in [0.29, 0.717) is 17.5 Å². The van der Waals surface area contributed by atoms with Crippen LogP contribution >= 0.6 is 0 Å². The fourth-order valence-electron chi connectivity index (χ4n) is 2.06. The highest BCUT2D eigenvalue weighted by Crippen LogP contribution is 2.16. The minimum Gasteiger partial charge on any atom is -0.480 e. The molecule has 0 unspecified atom stereocenters. The van der Waals surface area contributed by atoms with Crippen LogP contribution in [0.3, 0.4) is 0 Å². The van der Waals surface area contributed by atoms with Crippen molar-refractivity contribution in [2.24, 2.45) is 5.92 Å². The van der Waals surface area contributed by atoms with Crippen LogP contribution in [0.5, 0.6) is 0 Å². The number of carboxylic acid groups (broad SMARTS) is 1. The molecule has 20 heavy (non-hydrogen) atoms. The summed E-state index contributed by atoms with van der Waals surface area (Å²) in [5.41, 5.74) is 1.01. The molecule has 6 heteroatoms. The zero-order valence-corrected chi connectivity index (χ0v) is 11.4. The van der Waals surface area contributed by atoms with E-state index in [2.05, 4.69) is 15.5 Å². The first-order valence-corrected chi connectivity index (χ1v) is 6.50. The number of hydrogen-bond donors (Lipinski definition) is 3. The first-order chi connectivity index (χ1) is 9.54. The molecule has 2 aromatic rings. The van der Waals surface area contributed by atoms with E-state index in [1.165, 1.54) is 0 Å². The Balaban J connectivity index is 2.27. The van der Waals surface area contributed by atoms with E-state index in [-0.39, 0.29) is 5.92 Å². The largest absolute Gasteiger partial charge is 0.480 e. The van der Waals surface area contributed by atoms with Crippen LogP contribution in [-0.4, -0.2) is 33.2 Å². The molecular formula is C14H17N3O3. The fraction of sp³-hybridized carbons (Fsp3) is 0.357. The second kappa shape index (κ2) is 5.73. The summed E-state index contributed by atoms with van der Waals surface area (Å²) in [5, 5.41) is 19.2. The molecular weight excluding hydrogens is 258 g/mol. The second-order valence-corrected chi connectivity index (χ2v) is 4.81.